The number of rotatable bonds is 2. The quantitative estimate of drug-likeness (QED) is 0.827. The summed E-state index contributed by atoms with van der Waals surface area (Å²) in [4.78, 5) is 0.199. The summed E-state index contributed by atoms with van der Waals surface area (Å²) < 4.78 is 32.8. The highest BCUT2D eigenvalue weighted by Gasteiger charge is 2.35. The smallest absolute Gasteiger partial charge is 0.244 e. The van der Waals surface area contributed by atoms with E-state index in [4.69, 9.17) is 10.5 Å². The molecule has 1 saturated heterocycles. The molecule has 1 aliphatic heterocycles. The Bertz CT molecular complexity index is 587. The number of nitrogens with two attached hydrogens (primary N) is 1. The average Bonchev–Trinajstić information content (AvgIpc) is 2.31. The number of nitrogen functional groups attached to an aromatic ring is 1. The second-order valence-electron chi connectivity index (χ2n) is 5.14. The third-order valence-corrected chi connectivity index (χ3v) is 5.80. The van der Waals surface area contributed by atoms with Gasteiger partial charge in [0.15, 0.2) is 0 Å². The lowest BCUT2D eigenvalue weighted by Gasteiger charge is -2.37. The maximum Gasteiger partial charge on any atom is 0.244 e. The zero-order chi connectivity index (χ0) is 14.3. The fourth-order valence-corrected chi connectivity index (χ4v) is 4.57. The van der Waals surface area contributed by atoms with Crippen LogP contribution in [0.1, 0.15) is 13.8 Å². The predicted octanol–water partition coefficient (Wildman–Crippen LogP) is 1.83. The van der Waals surface area contributed by atoms with Crippen molar-refractivity contribution in [3.8, 4) is 0 Å². The lowest BCUT2D eigenvalue weighted by Crippen LogP contribution is -2.50. The number of nitrogens with zero attached hydrogens (tertiary/aromatic N) is 1. The van der Waals surface area contributed by atoms with Gasteiger partial charge in [-0.1, -0.05) is 0 Å². The molecule has 1 heterocycles. The molecule has 0 saturated carbocycles. The van der Waals surface area contributed by atoms with Crippen molar-refractivity contribution in [3.05, 3.63) is 22.7 Å². The van der Waals surface area contributed by atoms with Gasteiger partial charge in [0.25, 0.3) is 0 Å². The van der Waals surface area contributed by atoms with Gasteiger partial charge in [0, 0.05) is 23.2 Å². The molecular weight excluding hydrogens is 332 g/mol. The molecule has 1 aromatic carbocycles. The van der Waals surface area contributed by atoms with Crippen LogP contribution < -0.4 is 5.73 Å². The van der Waals surface area contributed by atoms with Crippen molar-refractivity contribution in [3.63, 3.8) is 0 Å². The molecule has 106 valence electrons. The van der Waals surface area contributed by atoms with Gasteiger partial charge in [-0.2, -0.15) is 4.31 Å². The highest BCUT2D eigenvalue weighted by Crippen LogP contribution is 2.29. The standard InChI is InChI=1S/C12H17BrN2O3S/c1-12(2)8-15(5-6-18-12)19(16,17)11-7-9(14)3-4-10(11)13/h3-4,7H,5-6,8,14H2,1-2H3. The first kappa shape index (κ1) is 14.8. The van der Waals surface area contributed by atoms with Crippen molar-refractivity contribution in [1.29, 1.82) is 0 Å². The molecule has 0 radical (unpaired) electrons. The zero-order valence-electron chi connectivity index (χ0n) is 10.9. The molecule has 1 fully saturated rings. The summed E-state index contributed by atoms with van der Waals surface area (Å²) in [5.74, 6) is 0. The summed E-state index contributed by atoms with van der Waals surface area (Å²) in [6, 6.07) is 4.78. The molecule has 1 aromatic rings. The molecule has 7 heteroatoms. The number of morpholine rings is 1. The van der Waals surface area contributed by atoms with Crippen molar-refractivity contribution in [1.82, 2.24) is 4.31 Å². The molecule has 2 N–H and O–H groups in total. The number of hydrogen-bond acceptors (Lipinski definition) is 4. The normalized spacial score (nSPS) is 20.4. The minimum Gasteiger partial charge on any atom is -0.399 e. The minimum atomic E-state index is -3.56. The van der Waals surface area contributed by atoms with Crippen molar-refractivity contribution in [2.24, 2.45) is 0 Å². The number of sulfonamides is 1. The minimum absolute atomic E-state index is 0.199. The van der Waals surface area contributed by atoms with Crippen LogP contribution in [0.15, 0.2) is 27.6 Å². The van der Waals surface area contributed by atoms with Gasteiger partial charge in [-0.25, -0.2) is 8.42 Å². The number of ether oxygens (including phenoxy) is 1. The predicted molar refractivity (Wildman–Crippen MR) is 77.3 cm³/mol. The lowest BCUT2D eigenvalue weighted by atomic mass is 10.1. The van der Waals surface area contributed by atoms with Crippen molar-refractivity contribution >= 4 is 31.6 Å². The van der Waals surface area contributed by atoms with E-state index in [-0.39, 0.29) is 4.90 Å². The van der Waals surface area contributed by atoms with Crippen LogP contribution in [-0.2, 0) is 14.8 Å². The van der Waals surface area contributed by atoms with Crippen molar-refractivity contribution in [2.75, 3.05) is 25.4 Å². The molecule has 1 aliphatic rings. The van der Waals surface area contributed by atoms with Gasteiger partial charge in [0.2, 0.25) is 10.0 Å². The molecule has 0 amide bonds. The molecule has 0 aliphatic carbocycles. The van der Waals surface area contributed by atoms with E-state index < -0.39 is 15.6 Å². The third-order valence-electron chi connectivity index (χ3n) is 2.96. The Morgan fingerprint density at radius 2 is 2.11 bits per heavy atom. The van der Waals surface area contributed by atoms with Gasteiger partial charge in [-0.05, 0) is 48.0 Å². The largest absolute Gasteiger partial charge is 0.399 e. The van der Waals surface area contributed by atoms with E-state index in [1.54, 1.807) is 12.1 Å². The Balaban J connectivity index is 2.39. The van der Waals surface area contributed by atoms with Gasteiger partial charge in [0.1, 0.15) is 0 Å². The first-order valence-corrected chi connectivity index (χ1v) is 8.15. The third kappa shape index (κ3) is 3.10. The summed E-state index contributed by atoms with van der Waals surface area (Å²) in [6.07, 6.45) is 0. The fraction of sp³-hybridized carbons (Fsp3) is 0.500. The molecular formula is C12H17BrN2O3S. The van der Waals surface area contributed by atoms with Crippen LogP contribution in [0.25, 0.3) is 0 Å². The van der Waals surface area contributed by atoms with Gasteiger partial charge in [-0.3, -0.25) is 0 Å². The van der Waals surface area contributed by atoms with Gasteiger partial charge < -0.3 is 10.5 Å². The summed E-state index contributed by atoms with van der Waals surface area (Å²) in [7, 11) is -3.56. The van der Waals surface area contributed by atoms with E-state index in [0.29, 0.717) is 29.9 Å². The Kier molecular flexibility index (Phi) is 3.92. The zero-order valence-corrected chi connectivity index (χ0v) is 13.3. The van der Waals surface area contributed by atoms with Crippen molar-refractivity contribution < 1.29 is 13.2 Å². The molecule has 0 spiro atoms. The van der Waals surface area contributed by atoms with Gasteiger partial charge in [0.05, 0.1) is 17.1 Å². The number of benzene rings is 1. The first-order valence-electron chi connectivity index (χ1n) is 5.91. The van der Waals surface area contributed by atoms with E-state index in [9.17, 15) is 8.42 Å². The molecule has 5 nitrogen and oxygen atoms in total. The monoisotopic (exact) mass is 348 g/mol. The Labute approximate surface area is 121 Å². The molecule has 0 aromatic heterocycles. The van der Waals surface area contributed by atoms with Crippen LogP contribution >= 0.6 is 15.9 Å². The van der Waals surface area contributed by atoms with Crippen molar-refractivity contribution in [2.45, 2.75) is 24.3 Å². The molecule has 2 rings (SSSR count). The van der Waals surface area contributed by atoms with Crippen LogP contribution in [0, 0.1) is 0 Å². The topological polar surface area (TPSA) is 72.6 Å². The first-order chi connectivity index (χ1) is 8.72. The van der Waals surface area contributed by atoms with Crippen LogP contribution in [0.4, 0.5) is 5.69 Å². The Hall–Kier alpha value is -0.630. The Morgan fingerprint density at radius 1 is 1.42 bits per heavy atom. The lowest BCUT2D eigenvalue weighted by molar-refractivity contribution is -0.0640. The van der Waals surface area contributed by atoms with E-state index in [0.717, 1.165) is 0 Å². The van der Waals surface area contributed by atoms with Crippen LogP contribution in [0.2, 0.25) is 0 Å². The summed E-state index contributed by atoms with van der Waals surface area (Å²) in [5, 5.41) is 0. The molecule has 0 unspecified atom stereocenters. The number of hydrogen-bond donors (Lipinski definition) is 1. The van der Waals surface area contributed by atoms with E-state index in [1.165, 1.54) is 10.4 Å². The van der Waals surface area contributed by atoms with E-state index >= 15 is 0 Å². The van der Waals surface area contributed by atoms with Gasteiger partial charge >= 0.3 is 0 Å². The highest BCUT2D eigenvalue weighted by molar-refractivity contribution is 9.10. The van der Waals surface area contributed by atoms with Gasteiger partial charge in [-0.15, -0.1) is 0 Å². The second-order valence-corrected chi connectivity index (χ2v) is 7.90. The highest BCUT2D eigenvalue weighted by atomic mass is 79.9. The average molecular weight is 349 g/mol. The van der Waals surface area contributed by atoms with Crippen LogP contribution in [0.5, 0.6) is 0 Å². The SMILES string of the molecule is CC1(C)CN(S(=O)(=O)c2cc(N)ccc2Br)CCO1. The Morgan fingerprint density at radius 3 is 2.74 bits per heavy atom. The summed E-state index contributed by atoms with van der Waals surface area (Å²) in [5.41, 5.74) is 5.63. The summed E-state index contributed by atoms with van der Waals surface area (Å²) in [6.45, 7) is 4.84. The molecule has 19 heavy (non-hydrogen) atoms. The summed E-state index contributed by atoms with van der Waals surface area (Å²) >= 11 is 3.27. The van der Waals surface area contributed by atoms with Crippen LogP contribution in [-0.4, -0.2) is 38.0 Å². The van der Waals surface area contributed by atoms with E-state index in [2.05, 4.69) is 15.9 Å². The molecule has 0 atom stereocenters. The maximum atomic E-state index is 12.6. The second kappa shape index (κ2) is 5.05. The number of halogens is 1. The van der Waals surface area contributed by atoms with E-state index in [1.807, 2.05) is 13.8 Å². The van der Waals surface area contributed by atoms with Crippen LogP contribution in [0.3, 0.4) is 0 Å². The molecule has 0 bridgehead atoms. The fourth-order valence-electron chi connectivity index (χ4n) is 2.04. The maximum absolute atomic E-state index is 12.6. The number of anilines is 1.